The normalized spacial score (nSPS) is 12.2. The van der Waals surface area contributed by atoms with Gasteiger partial charge < -0.3 is 11.1 Å². The molecule has 0 radical (unpaired) electrons. The number of benzene rings is 2. The molecule has 45 heavy (non-hydrogen) atoms. The third-order valence-corrected chi connectivity index (χ3v) is 6.48. The third kappa shape index (κ3) is 20.5. The Balaban J connectivity index is -0.00000143. The molecular formula is C42H59ClN2. The van der Waals surface area contributed by atoms with Crippen molar-refractivity contribution in [3.05, 3.63) is 144 Å². The second-order valence-corrected chi connectivity index (χ2v) is 10.1. The Bertz CT molecular complexity index is 1240. The van der Waals surface area contributed by atoms with Crippen LogP contribution in [0.1, 0.15) is 75.3 Å². The predicted molar refractivity (Wildman–Crippen MR) is 206 cm³/mol. The summed E-state index contributed by atoms with van der Waals surface area (Å²) in [4.78, 5) is 0. The molecule has 0 saturated carbocycles. The van der Waals surface area contributed by atoms with Crippen molar-refractivity contribution < 1.29 is 0 Å². The van der Waals surface area contributed by atoms with E-state index < -0.39 is 0 Å². The molecule has 0 spiro atoms. The van der Waals surface area contributed by atoms with Gasteiger partial charge in [0.1, 0.15) is 0 Å². The van der Waals surface area contributed by atoms with E-state index in [-0.39, 0.29) is 12.0 Å². The van der Waals surface area contributed by atoms with Gasteiger partial charge in [-0.3, -0.25) is 0 Å². The smallest absolute Gasteiger partial charge is 0.0479 e. The molecule has 0 aliphatic heterocycles. The molecule has 1 aliphatic rings. The monoisotopic (exact) mass is 626 g/mol. The fourth-order valence-corrected chi connectivity index (χ4v) is 4.86. The van der Waals surface area contributed by atoms with Crippen molar-refractivity contribution in [1.29, 1.82) is 0 Å². The maximum absolute atomic E-state index is 6.71. The van der Waals surface area contributed by atoms with Crippen LogP contribution in [0.3, 0.4) is 0 Å². The molecule has 2 atom stereocenters. The van der Waals surface area contributed by atoms with Gasteiger partial charge in [0.25, 0.3) is 0 Å². The molecule has 0 amide bonds. The lowest BCUT2D eigenvalue weighted by molar-refractivity contribution is 0.657. The van der Waals surface area contributed by atoms with Crippen molar-refractivity contribution in [2.45, 2.75) is 86.1 Å². The molecule has 3 heteroatoms. The molecule has 1 aliphatic carbocycles. The summed E-state index contributed by atoms with van der Waals surface area (Å²) < 4.78 is 0. The van der Waals surface area contributed by atoms with Gasteiger partial charge in [0, 0.05) is 29.1 Å². The molecule has 3 N–H and O–H groups in total. The summed E-state index contributed by atoms with van der Waals surface area (Å²) in [5, 5.41) is 4.22. The number of allylic oxidation sites excluding steroid dienone is 4. The summed E-state index contributed by atoms with van der Waals surface area (Å²) in [7, 11) is 0. The molecule has 0 heterocycles. The number of hydrogen-bond acceptors (Lipinski definition) is 2. The number of fused-ring (bicyclic) bond motifs is 1. The van der Waals surface area contributed by atoms with Crippen molar-refractivity contribution >= 4 is 11.6 Å². The highest BCUT2D eigenvalue weighted by atomic mass is 35.5. The summed E-state index contributed by atoms with van der Waals surface area (Å²) in [6.45, 7) is 29.5. The molecule has 2 aromatic rings. The van der Waals surface area contributed by atoms with E-state index in [1.807, 2.05) is 40.7 Å². The number of hydrogen-bond donors (Lipinski definition) is 2. The van der Waals surface area contributed by atoms with E-state index in [2.05, 4.69) is 124 Å². The second kappa shape index (κ2) is 29.9. The van der Waals surface area contributed by atoms with Crippen LogP contribution < -0.4 is 11.1 Å². The Kier molecular flexibility index (Phi) is 30.2. The number of halogens is 1. The van der Waals surface area contributed by atoms with Gasteiger partial charge in [-0.15, -0.1) is 39.0 Å². The molecule has 244 valence electrons. The lowest BCUT2D eigenvalue weighted by atomic mass is 9.97. The molecule has 3 rings (SSSR count). The van der Waals surface area contributed by atoms with Crippen molar-refractivity contribution in [3.8, 4) is 25.2 Å². The molecule has 2 nitrogen and oxygen atoms in total. The van der Waals surface area contributed by atoms with Crippen LogP contribution in [-0.4, -0.2) is 6.04 Å². The minimum absolute atomic E-state index is 0.0472. The molecule has 0 saturated heterocycles. The van der Waals surface area contributed by atoms with Gasteiger partial charge in [-0.1, -0.05) is 119 Å². The van der Waals surface area contributed by atoms with E-state index in [0.29, 0.717) is 6.42 Å². The van der Waals surface area contributed by atoms with Crippen molar-refractivity contribution in [3.63, 3.8) is 0 Å². The van der Waals surface area contributed by atoms with Gasteiger partial charge in [0.15, 0.2) is 0 Å². The fraction of sp³-hybridized carbons (Fsp3) is 0.333. The average Bonchev–Trinajstić information content (AvgIpc) is 3.53. The highest BCUT2D eigenvalue weighted by Crippen LogP contribution is 2.25. The summed E-state index contributed by atoms with van der Waals surface area (Å²) >= 11 is 6.71. The Morgan fingerprint density at radius 1 is 1.02 bits per heavy atom. The van der Waals surface area contributed by atoms with Gasteiger partial charge in [-0.05, 0) is 86.1 Å². The van der Waals surface area contributed by atoms with Gasteiger partial charge in [0.05, 0.1) is 0 Å². The second-order valence-electron chi connectivity index (χ2n) is 9.62. The van der Waals surface area contributed by atoms with Crippen molar-refractivity contribution in [1.82, 2.24) is 5.32 Å². The molecule has 0 fully saturated rings. The Labute approximate surface area is 283 Å². The fourth-order valence-electron chi connectivity index (χ4n) is 4.55. The van der Waals surface area contributed by atoms with Crippen LogP contribution in [0, 0.1) is 38.0 Å². The topological polar surface area (TPSA) is 38.0 Å². The molecule has 0 bridgehead atoms. The Morgan fingerprint density at radius 3 is 2.18 bits per heavy atom. The zero-order chi connectivity index (χ0) is 35.2. The summed E-state index contributed by atoms with van der Waals surface area (Å²) in [6.07, 6.45) is 26.9. The first-order chi connectivity index (χ1) is 21.8. The lowest BCUT2D eigenvalue weighted by Gasteiger charge is -2.18. The highest BCUT2D eigenvalue weighted by Gasteiger charge is 2.12. The Morgan fingerprint density at radius 2 is 1.62 bits per heavy atom. The van der Waals surface area contributed by atoms with E-state index in [9.17, 15) is 0 Å². The molecule has 0 aromatic heterocycles. The molecular weight excluding hydrogens is 568 g/mol. The van der Waals surface area contributed by atoms with Gasteiger partial charge >= 0.3 is 0 Å². The Hall–Kier alpha value is -4.11. The zero-order valence-corrected chi connectivity index (χ0v) is 29.7. The average molecular weight is 627 g/mol. The largest absolute Gasteiger partial charge is 0.405 e. The SMILES string of the molecule is C#C.C#CC(C)/C=C(\C=C(\Cl)CC(=C)NC(C=C)Cc1cccc(C)c1)Cc1ccc2c(c1)CCC2.C=C.C=CN.CC.CC. The summed E-state index contributed by atoms with van der Waals surface area (Å²) in [6, 6.07) is 15.5. The van der Waals surface area contributed by atoms with E-state index in [0.717, 1.165) is 29.1 Å². The summed E-state index contributed by atoms with van der Waals surface area (Å²) in [5.74, 6) is 2.86. The van der Waals surface area contributed by atoms with E-state index in [1.54, 1.807) is 0 Å². The number of nitrogens with two attached hydrogens (primary N) is 1. The van der Waals surface area contributed by atoms with Crippen molar-refractivity contribution in [2.75, 3.05) is 0 Å². The minimum atomic E-state index is 0.0472. The minimum Gasteiger partial charge on any atom is -0.405 e. The van der Waals surface area contributed by atoms with E-state index in [1.165, 1.54) is 53.3 Å². The third-order valence-electron chi connectivity index (χ3n) is 6.23. The summed E-state index contributed by atoms with van der Waals surface area (Å²) in [5.41, 5.74) is 13.4. The zero-order valence-electron chi connectivity index (χ0n) is 29.0. The molecule has 2 aromatic carbocycles. The van der Waals surface area contributed by atoms with Gasteiger partial charge in [-0.2, -0.15) is 0 Å². The van der Waals surface area contributed by atoms with Crippen LogP contribution in [0.2, 0.25) is 0 Å². The van der Waals surface area contributed by atoms with Gasteiger partial charge in [-0.25, -0.2) is 0 Å². The van der Waals surface area contributed by atoms with E-state index in [4.69, 9.17) is 18.0 Å². The first-order valence-corrected chi connectivity index (χ1v) is 16.1. The van der Waals surface area contributed by atoms with Crippen LogP contribution in [-0.2, 0) is 25.7 Å². The number of terminal acetylenes is 2. The van der Waals surface area contributed by atoms with Crippen molar-refractivity contribution in [2.24, 2.45) is 11.7 Å². The number of aryl methyl sites for hydroxylation is 3. The number of rotatable bonds is 11. The van der Waals surface area contributed by atoms with Crippen LogP contribution in [0.5, 0.6) is 0 Å². The quantitative estimate of drug-likeness (QED) is 0.148. The maximum Gasteiger partial charge on any atom is 0.0479 e. The maximum atomic E-state index is 6.71. The van der Waals surface area contributed by atoms with Crippen LogP contribution in [0.4, 0.5) is 0 Å². The lowest BCUT2D eigenvalue weighted by Crippen LogP contribution is -2.28. The van der Waals surface area contributed by atoms with E-state index >= 15 is 0 Å². The first-order valence-electron chi connectivity index (χ1n) is 15.7. The first kappa shape index (κ1) is 45.3. The van der Waals surface area contributed by atoms with Crippen LogP contribution in [0.25, 0.3) is 0 Å². The number of nitrogens with one attached hydrogen (secondary N) is 1. The standard InChI is InChI=1S/C32H36ClN.C2H5N.2C2H6.C2H4.C2H2/c1-6-23(3)16-28(19-27-14-15-29-12-9-13-30(29)20-27)21-31(33)18-25(5)34-32(7-2)22-26-11-8-10-24(4)17-26;1-2-3;4*1-2/h1,7-8,10-11,14-17,20-21,23,32,34H,2,5,9,12-13,18-19,22H2,3-4H3;2H,1,3H2;2*1-2H3;1-2H2;1-2H/b28-16-,31-21+;;;;;. The van der Waals surface area contributed by atoms with Gasteiger partial charge in [0.2, 0.25) is 0 Å². The van der Waals surface area contributed by atoms with Crippen LogP contribution >= 0.6 is 11.6 Å². The molecule has 2 unspecified atom stereocenters. The highest BCUT2D eigenvalue weighted by molar-refractivity contribution is 6.29. The predicted octanol–water partition coefficient (Wildman–Crippen LogP) is 10.8. The van der Waals surface area contributed by atoms with Crippen LogP contribution in [0.15, 0.2) is 116 Å².